The number of aromatic amines is 1. The minimum absolute atomic E-state index is 0.0851. The highest BCUT2D eigenvalue weighted by Gasteiger charge is 2.21. The largest absolute Gasteiger partial charge is 0.352 e. The zero-order valence-electron chi connectivity index (χ0n) is 19.4. The lowest BCUT2D eigenvalue weighted by molar-refractivity contribution is -0.129. The molecule has 0 aliphatic heterocycles. The molecule has 11 nitrogen and oxygen atoms in total. The highest BCUT2D eigenvalue weighted by Crippen LogP contribution is 2.19. The molecule has 3 aromatic rings. The number of H-pyrrole nitrogens is 1. The minimum atomic E-state index is -1.09. The van der Waals surface area contributed by atoms with Crippen molar-refractivity contribution in [2.45, 2.75) is 25.7 Å². The van der Waals surface area contributed by atoms with E-state index in [1.807, 2.05) is 0 Å². The summed E-state index contributed by atoms with van der Waals surface area (Å²) in [7, 11) is 0. The van der Waals surface area contributed by atoms with Crippen molar-refractivity contribution in [3.63, 3.8) is 0 Å². The van der Waals surface area contributed by atoms with Crippen molar-refractivity contribution in [3.05, 3.63) is 77.1 Å². The first-order valence-corrected chi connectivity index (χ1v) is 11.2. The van der Waals surface area contributed by atoms with Gasteiger partial charge in [-0.3, -0.25) is 29.5 Å². The molecule has 0 spiro atoms. The molecule has 0 atom stereocenters. The molecule has 0 aliphatic rings. The number of carbonyl (C=O) groups is 4. The summed E-state index contributed by atoms with van der Waals surface area (Å²) >= 11 is 0. The van der Waals surface area contributed by atoms with Crippen LogP contribution in [0.3, 0.4) is 0 Å². The SMILES string of the molecule is O=C(CCCCCNC(=O)c1ccc(NC(=O)c2[nH]ncc2NC(=O)c2c(F)cccc2F)cc1)NO. The van der Waals surface area contributed by atoms with Gasteiger partial charge in [-0.25, -0.2) is 14.3 Å². The van der Waals surface area contributed by atoms with E-state index in [1.165, 1.54) is 24.3 Å². The summed E-state index contributed by atoms with van der Waals surface area (Å²) in [6.45, 7) is 0.406. The molecule has 1 aromatic heterocycles. The van der Waals surface area contributed by atoms with Crippen LogP contribution in [0, 0.1) is 11.6 Å². The number of hydroxylamine groups is 1. The number of amides is 4. The fraction of sp³-hybridized carbons (Fsp3) is 0.208. The predicted octanol–water partition coefficient (Wildman–Crippen LogP) is 2.99. The van der Waals surface area contributed by atoms with E-state index in [4.69, 9.17) is 5.21 Å². The maximum Gasteiger partial charge on any atom is 0.275 e. The number of anilines is 2. The van der Waals surface area contributed by atoms with Gasteiger partial charge in [-0.15, -0.1) is 0 Å². The molecule has 0 saturated carbocycles. The van der Waals surface area contributed by atoms with Gasteiger partial charge in [0.15, 0.2) is 0 Å². The molecule has 6 N–H and O–H groups in total. The standard InChI is InChI=1S/C24H24F2N6O5/c25-16-5-4-6-17(26)20(16)23(35)30-18-13-28-31-21(18)24(36)29-15-10-8-14(9-11-15)22(34)27-12-3-1-2-7-19(33)32-37/h4-6,8-11,13,37H,1-3,7,12H2,(H,27,34)(H,28,31)(H,29,36)(H,30,35)(H,32,33). The molecule has 1 heterocycles. The summed E-state index contributed by atoms with van der Waals surface area (Å²) in [6, 6.07) is 9.02. The maximum atomic E-state index is 13.9. The number of nitrogens with zero attached hydrogens (tertiary/aromatic N) is 1. The number of unbranched alkanes of at least 4 members (excludes halogenated alkanes) is 2. The molecule has 13 heteroatoms. The van der Waals surface area contributed by atoms with E-state index in [1.54, 1.807) is 5.48 Å². The Morgan fingerprint density at radius 1 is 0.865 bits per heavy atom. The van der Waals surface area contributed by atoms with Crippen molar-refractivity contribution in [2.75, 3.05) is 17.2 Å². The topological polar surface area (TPSA) is 165 Å². The Balaban J connectivity index is 1.52. The Labute approximate surface area is 209 Å². The van der Waals surface area contributed by atoms with Crippen molar-refractivity contribution in [3.8, 4) is 0 Å². The highest BCUT2D eigenvalue weighted by atomic mass is 19.1. The summed E-state index contributed by atoms with van der Waals surface area (Å²) in [5.41, 5.74) is 1.23. The molecule has 3 rings (SSSR count). The van der Waals surface area contributed by atoms with Gasteiger partial charge < -0.3 is 16.0 Å². The molecule has 0 fully saturated rings. The van der Waals surface area contributed by atoms with Gasteiger partial charge >= 0.3 is 0 Å². The van der Waals surface area contributed by atoms with Crippen LogP contribution < -0.4 is 21.4 Å². The number of benzene rings is 2. The number of halogens is 2. The lowest BCUT2D eigenvalue weighted by Gasteiger charge is -2.09. The Morgan fingerprint density at radius 2 is 1.57 bits per heavy atom. The van der Waals surface area contributed by atoms with Crippen molar-refractivity contribution in [1.82, 2.24) is 21.0 Å². The Hall–Kier alpha value is -4.65. The Morgan fingerprint density at radius 3 is 2.24 bits per heavy atom. The summed E-state index contributed by atoms with van der Waals surface area (Å²) in [5, 5.41) is 22.1. The quantitative estimate of drug-likeness (QED) is 0.131. The zero-order valence-corrected chi connectivity index (χ0v) is 19.4. The van der Waals surface area contributed by atoms with Crippen molar-refractivity contribution >= 4 is 35.0 Å². The molecule has 0 aliphatic carbocycles. The molecule has 37 heavy (non-hydrogen) atoms. The van der Waals surface area contributed by atoms with E-state index < -0.39 is 34.9 Å². The fourth-order valence-electron chi connectivity index (χ4n) is 3.30. The molecule has 2 aromatic carbocycles. The normalized spacial score (nSPS) is 10.5. The molecule has 0 bridgehead atoms. The van der Waals surface area contributed by atoms with Gasteiger partial charge in [0, 0.05) is 24.2 Å². The summed E-state index contributed by atoms with van der Waals surface area (Å²) < 4.78 is 27.7. The summed E-state index contributed by atoms with van der Waals surface area (Å²) in [4.78, 5) is 48.2. The molecule has 4 amide bonds. The highest BCUT2D eigenvalue weighted by molar-refractivity contribution is 6.11. The van der Waals surface area contributed by atoms with Gasteiger partial charge in [0.25, 0.3) is 17.7 Å². The van der Waals surface area contributed by atoms with Gasteiger partial charge in [-0.2, -0.15) is 5.10 Å². The second-order valence-electron chi connectivity index (χ2n) is 7.84. The molecular weight excluding hydrogens is 490 g/mol. The number of carbonyl (C=O) groups excluding carboxylic acids is 4. The van der Waals surface area contributed by atoms with Crippen LogP contribution in [0.25, 0.3) is 0 Å². The van der Waals surface area contributed by atoms with E-state index in [0.29, 0.717) is 37.1 Å². The third kappa shape index (κ3) is 7.41. The van der Waals surface area contributed by atoms with Gasteiger partial charge in [0.05, 0.1) is 11.9 Å². The van der Waals surface area contributed by atoms with Gasteiger partial charge in [-0.05, 0) is 49.2 Å². The van der Waals surface area contributed by atoms with E-state index in [2.05, 4.69) is 26.1 Å². The number of nitrogens with one attached hydrogen (secondary N) is 5. The number of aromatic nitrogens is 2. The van der Waals surface area contributed by atoms with E-state index >= 15 is 0 Å². The Kier molecular flexibility index (Phi) is 9.38. The van der Waals surface area contributed by atoms with Crippen LogP contribution in [0.2, 0.25) is 0 Å². The smallest absolute Gasteiger partial charge is 0.275 e. The van der Waals surface area contributed by atoms with E-state index in [9.17, 15) is 28.0 Å². The van der Waals surface area contributed by atoms with Crippen LogP contribution in [-0.4, -0.2) is 45.6 Å². The first-order valence-electron chi connectivity index (χ1n) is 11.2. The predicted molar refractivity (Wildman–Crippen MR) is 128 cm³/mol. The van der Waals surface area contributed by atoms with E-state index in [-0.39, 0.29) is 23.7 Å². The molecule has 0 saturated heterocycles. The lowest BCUT2D eigenvalue weighted by atomic mass is 10.1. The van der Waals surface area contributed by atoms with Crippen molar-refractivity contribution < 1.29 is 33.2 Å². The van der Waals surface area contributed by atoms with Crippen LogP contribution in [0.5, 0.6) is 0 Å². The number of rotatable bonds is 11. The van der Waals surface area contributed by atoms with Crippen LogP contribution in [-0.2, 0) is 4.79 Å². The van der Waals surface area contributed by atoms with Gasteiger partial charge in [0.1, 0.15) is 22.9 Å². The average Bonchev–Trinajstić information content (AvgIpc) is 3.34. The van der Waals surface area contributed by atoms with Gasteiger partial charge in [-0.1, -0.05) is 12.5 Å². The van der Waals surface area contributed by atoms with Crippen molar-refractivity contribution in [1.29, 1.82) is 0 Å². The first-order chi connectivity index (χ1) is 17.8. The second-order valence-corrected chi connectivity index (χ2v) is 7.84. The van der Waals surface area contributed by atoms with Crippen molar-refractivity contribution in [2.24, 2.45) is 0 Å². The monoisotopic (exact) mass is 514 g/mol. The Bertz CT molecular complexity index is 1260. The van der Waals surface area contributed by atoms with Gasteiger partial charge in [0.2, 0.25) is 5.91 Å². The second kappa shape index (κ2) is 12.9. The molecule has 0 unspecified atom stereocenters. The van der Waals surface area contributed by atoms with Crippen LogP contribution in [0.1, 0.15) is 56.9 Å². The van der Waals surface area contributed by atoms with Crippen LogP contribution in [0.4, 0.5) is 20.2 Å². The molecule has 194 valence electrons. The molecule has 0 radical (unpaired) electrons. The maximum absolute atomic E-state index is 13.9. The van der Waals surface area contributed by atoms with E-state index in [0.717, 1.165) is 24.4 Å². The third-order valence-electron chi connectivity index (χ3n) is 5.20. The number of hydrogen-bond acceptors (Lipinski definition) is 6. The summed E-state index contributed by atoms with van der Waals surface area (Å²) in [5.74, 6) is -4.65. The number of hydrogen-bond donors (Lipinski definition) is 6. The molecular formula is C24H24F2N6O5. The fourth-order valence-corrected chi connectivity index (χ4v) is 3.30. The average molecular weight is 514 g/mol. The first kappa shape index (κ1) is 26.9. The summed E-state index contributed by atoms with van der Waals surface area (Å²) in [6.07, 6.45) is 3.27. The van der Waals surface area contributed by atoms with Crippen LogP contribution in [0.15, 0.2) is 48.7 Å². The minimum Gasteiger partial charge on any atom is -0.352 e. The lowest BCUT2D eigenvalue weighted by Crippen LogP contribution is -2.24. The third-order valence-corrected chi connectivity index (χ3v) is 5.20. The zero-order chi connectivity index (χ0) is 26.8. The van der Waals surface area contributed by atoms with Crippen LogP contribution >= 0.6 is 0 Å².